The van der Waals surface area contributed by atoms with Crippen LogP contribution < -0.4 is 5.32 Å². The SMILES string of the molecule is CCN(Cc1noc(C2CCC2)n1)C(=O)N[C@H]1CCN(Cc2ccccc2)C1. The number of carbonyl (C=O) groups excluding carboxylic acids is 1. The molecule has 1 saturated carbocycles. The van der Waals surface area contributed by atoms with Gasteiger partial charge in [0.1, 0.15) is 0 Å². The Morgan fingerprint density at radius 2 is 2.11 bits per heavy atom. The minimum atomic E-state index is -0.0518. The van der Waals surface area contributed by atoms with Gasteiger partial charge >= 0.3 is 6.03 Å². The number of hydrogen-bond acceptors (Lipinski definition) is 5. The number of benzene rings is 1. The predicted molar refractivity (Wildman–Crippen MR) is 106 cm³/mol. The summed E-state index contributed by atoms with van der Waals surface area (Å²) in [6.45, 7) is 5.78. The Hall–Kier alpha value is -2.41. The number of aromatic nitrogens is 2. The minimum Gasteiger partial charge on any atom is -0.339 e. The highest BCUT2D eigenvalue weighted by atomic mass is 16.5. The van der Waals surface area contributed by atoms with Crippen molar-refractivity contribution in [1.29, 1.82) is 0 Å². The van der Waals surface area contributed by atoms with Gasteiger partial charge in [0, 0.05) is 38.1 Å². The fourth-order valence-corrected chi connectivity index (χ4v) is 3.85. The van der Waals surface area contributed by atoms with Crippen molar-refractivity contribution >= 4 is 6.03 Å². The maximum atomic E-state index is 12.7. The van der Waals surface area contributed by atoms with Crippen LogP contribution >= 0.6 is 0 Å². The molecule has 1 aliphatic carbocycles. The van der Waals surface area contributed by atoms with Gasteiger partial charge in [0.15, 0.2) is 5.82 Å². The van der Waals surface area contributed by atoms with Crippen molar-refractivity contribution in [2.24, 2.45) is 0 Å². The highest BCUT2D eigenvalue weighted by molar-refractivity contribution is 5.74. The summed E-state index contributed by atoms with van der Waals surface area (Å²) in [5.41, 5.74) is 1.31. The normalized spacial score (nSPS) is 20.1. The van der Waals surface area contributed by atoms with Crippen LogP contribution in [0.2, 0.25) is 0 Å². The van der Waals surface area contributed by atoms with Crippen molar-refractivity contribution < 1.29 is 9.32 Å². The average Bonchev–Trinajstić information content (AvgIpc) is 3.29. The average molecular weight is 383 g/mol. The Kier molecular flexibility index (Phi) is 5.90. The molecule has 7 nitrogen and oxygen atoms in total. The number of carbonyl (C=O) groups is 1. The van der Waals surface area contributed by atoms with Gasteiger partial charge in [0.05, 0.1) is 6.54 Å². The first kappa shape index (κ1) is 18.9. The first-order valence-corrected chi connectivity index (χ1v) is 10.4. The van der Waals surface area contributed by atoms with E-state index in [0.717, 1.165) is 44.8 Å². The second kappa shape index (κ2) is 8.73. The lowest BCUT2D eigenvalue weighted by atomic mass is 9.85. The van der Waals surface area contributed by atoms with Gasteiger partial charge in [-0.25, -0.2) is 4.79 Å². The lowest BCUT2D eigenvalue weighted by Crippen LogP contribution is -2.45. The van der Waals surface area contributed by atoms with Gasteiger partial charge in [-0.2, -0.15) is 4.98 Å². The molecule has 1 saturated heterocycles. The summed E-state index contributed by atoms with van der Waals surface area (Å²) in [7, 11) is 0. The van der Waals surface area contributed by atoms with Gasteiger partial charge in [-0.1, -0.05) is 41.9 Å². The summed E-state index contributed by atoms with van der Waals surface area (Å²) in [6, 6.07) is 10.6. The van der Waals surface area contributed by atoms with Crippen molar-refractivity contribution in [3.63, 3.8) is 0 Å². The summed E-state index contributed by atoms with van der Waals surface area (Å²) in [4.78, 5) is 21.3. The maximum absolute atomic E-state index is 12.7. The van der Waals surface area contributed by atoms with Crippen LogP contribution in [0.3, 0.4) is 0 Å². The molecule has 4 rings (SSSR count). The van der Waals surface area contributed by atoms with E-state index in [1.54, 1.807) is 4.90 Å². The summed E-state index contributed by atoms with van der Waals surface area (Å²) in [5.74, 6) is 1.74. The quantitative estimate of drug-likeness (QED) is 0.795. The van der Waals surface area contributed by atoms with E-state index >= 15 is 0 Å². The largest absolute Gasteiger partial charge is 0.339 e. The molecular formula is C21H29N5O2. The zero-order valence-electron chi connectivity index (χ0n) is 16.5. The van der Waals surface area contributed by atoms with Crippen LogP contribution in [0.25, 0.3) is 0 Å². The number of nitrogens with one attached hydrogen (secondary N) is 1. The molecule has 150 valence electrons. The zero-order chi connectivity index (χ0) is 19.3. The first-order chi connectivity index (χ1) is 13.7. The molecule has 1 atom stereocenters. The van der Waals surface area contributed by atoms with Gasteiger partial charge in [0.25, 0.3) is 0 Å². The van der Waals surface area contributed by atoms with Crippen molar-refractivity contribution in [2.45, 2.75) is 57.7 Å². The highest BCUT2D eigenvalue weighted by Gasteiger charge is 2.28. The third-order valence-electron chi connectivity index (χ3n) is 5.79. The number of amides is 2. The number of likely N-dealkylation sites (tertiary alicyclic amines) is 1. The van der Waals surface area contributed by atoms with Crippen LogP contribution in [0.5, 0.6) is 0 Å². The van der Waals surface area contributed by atoms with Gasteiger partial charge in [-0.3, -0.25) is 4.90 Å². The van der Waals surface area contributed by atoms with Crippen molar-refractivity contribution in [2.75, 3.05) is 19.6 Å². The second-order valence-electron chi connectivity index (χ2n) is 7.85. The second-order valence-corrected chi connectivity index (χ2v) is 7.85. The summed E-state index contributed by atoms with van der Waals surface area (Å²) in [5, 5.41) is 7.24. The predicted octanol–water partition coefficient (Wildman–Crippen LogP) is 3.14. The lowest BCUT2D eigenvalue weighted by molar-refractivity contribution is 0.191. The van der Waals surface area contributed by atoms with Gasteiger partial charge < -0.3 is 14.7 Å². The summed E-state index contributed by atoms with van der Waals surface area (Å²) < 4.78 is 5.37. The van der Waals surface area contributed by atoms with Gasteiger partial charge in [-0.15, -0.1) is 0 Å². The van der Waals surface area contributed by atoms with E-state index in [-0.39, 0.29) is 12.1 Å². The Morgan fingerprint density at radius 1 is 1.29 bits per heavy atom. The number of urea groups is 1. The van der Waals surface area contributed by atoms with Crippen LogP contribution in [0.1, 0.15) is 55.8 Å². The Balaban J connectivity index is 1.26. The molecule has 2 aromatic rings. The molecule has 2 amide bonds. The molecule has 0 radical (unpaired) electrons. The summed E-state index contributed by atoms with van der Waals surface area (Å²) >= 11 is 0. The van der Waals surface area contributed by atoms with E-state index in [1.165, 1.54) is 12.0 Å². The molecule has 2 aliphatic rings. The van der Waals surface area contributed by atoms with Crippen LogP contribution in [0.15, 0.2) is 34.9 Å². The molecule has 1 aromatic heterocycles. The van der Waals surface area contributed by atoms with E-state index in [2.05, 4.69) is 44.6 Å². The minimum absolute atomic E-state index is 0.0518. The molecule has 2 fully saturated rings. The van der Waals surface area contributed by atoms with E-state index in [0.29, 0.717) is 24.8 Å². The Bertz CT molecular complexity index is 774. The summed E-state index contributed by atoms with van der Waals surface area (Å²) in [6.07, 6.45) is 4.46. The fraction of sp³-hybridized carbons (Fsp3) is 0.571. The Morgan fingerprint density at radius 3 is 2.82 bits per heavy atom. The number of hydrogen-bond donors (Lipinski definition) is 1. The van der Waals surface area contributed by atoms with E-state index in [9.17, 15) is 4.79 Å². The van der Waals surface area contributed by atoms with Gasteiger partial charge in [-0.05, 0) is 31.7 Å². The van der Waals surface area contributed by atoms with Crippen LogP contribution in [0, 0.1) is 0 Å². The fourth-order valence-electron chi connectivity index (χ4n) is 3.85. The van der Waals surface area contributed by atoms with Gasteiger partial charge in [0.2, 0.25) is 5.89 Å². The standard InChI is InChI=1S/C21H29N5O2/c1-2-26(15-19-23-20(28-24-19)17-9-6-10-17)21(27)22-18-11-12-25(14-18)13-16-7-4-3-5-8-16/h3-5,7-8,17-18H,2,6,9-15H2,1H3,(H,22,27)/t18-/m0/s1. The molecule has 2 heterocycles. The van der Waals surface area contributed by atoms with Crippen molar-refractivity contribution in [3.05, 3.63) is 47.6 Å². The zero-order valence-corrected chi connectivity index (χ0v) is 16.5. The van der Waals surface area contributed by atoms with E-state index in [1.807, 2.05) is 13.0 Å². The van der Waals surface area contributed by atoms with Crippen LogP contribution in [-0.2, 0) is 13.1 Å². The molecule has 28 heavy (non-hydrogen) atoms. The van der Waals surface area contributed by atoms with Crippen molar-refractivity contribution in [3.8, 4) is 0 Å². The lowest BCUT2D eigenvalue weighted by Gasteiger charge is -2.23. The molecular weight excluding hydrogens is 354 g/mol. The van der Waals surface area contributed by atoms with E-state index in [4.69, 9.17) is 4.52 Å². The van der Waals surface area contributed by atoms with Crippen LogP contribution in [-0.4, -0.2) is 51.6 Å². The molecule has 1 aromatic carbocycles. The topological polar surface area (TPSA) is 74.5 Å². The molecule has 0 spiro atoms. The molecule has 7 heteroatoms. The Labute approximate surface area is 166 Å². The number of rotatable bonds is 7. The van der Waals surface area contributed by atoms with Crippen molar-refractivity contribution in [1.82, 2.24) is 25.3 Å². The third kappa shape index (κ3) is 4.52. The smallest absolute Gasteiger partial charge is 0.318 e. The monoisotopic (exact) mass is 383 g/mol. The molecule has 1 N–H and O–H groups in total. The molecule has 1 aliphatic heterocycles. The van der Waals surface area contributed by atoms with E-state index < -0.39 is 0 Å². The first-order valence-electron chi connectivity index (χ1n) is 10.4. The van der Waals surface area contributed by atoms with Crippen LogP contribution in [0.4, 0.5) is 4.79 Å². The molecule has 0 unspecified atom stereocenters. The molecule has 0 bridgehead atoms. The maximum Gasteiger partial charge on any atom is 0.318 e. The highest BCUT2D eigenvalue weighted by Crippen LogP contribution is 2.35. The number of nitrogens with zero attached hydrogens (tertiary/aromatic N) is 4. The third-order valence-corrected chi connectivity index (χ3v) is 5.79.